The Balaban J connectivity index is 2.12. The molecule has 1 aromatic carbocycles. The molecule has 4 heteroatoms. The molecule has 0 amide bonds. The summed E-state index contributed by atoms with van der Waals surface area (Å²) in [6, 6.07) is 8.73. The Labute approximate surface area is 118 Å². The third-order valence-corrected chi connectivity index (χ3v) is 2.84. The molecule has 3 nitrogen and oxygen atoms in total. The number of para-hydroxylation sites is 1. The van der Waals surface area contributed by atoms with Crippen LogP contribution in [0.5, 0.6) is 11.6 Å². The molecule has 0 aliphatic carbocycles. The number of rotatable bonds is 5. The molecule has 2 aromatic rings. The number of pyridine rings is 1. The number of halogens is 1. The Hall–Kier alpha value is -1.94. The van der Waals surface area contributed by atoms with Crippen LogP contribution in [0.4, 0.5) is 4.39 Å². The van der Waals surface area contributed by atoms with Crippen molar-refractivity contribution in [3.05, 3.63) is 53.5 Å². The third-order valence-electron chi connectivity index (χ3n) is 2.84. The molecule has 1 N–H and O–H groups in total. The van der Waals surface area contributed by atoms with Crippen LogP contribution in [-0.4, -0.2) is 11.0 Å². The Morgan fingerprint density at radius 1 is 1.30 bits per heavy atom. The van der Waals surface area contributed by atoms with Crippen molar-refractivity contribution in [3.63, 3.8) is 0 Å². The van der Waals surface area contributed by atoms with Crippen molar-refractivity contribution in [1.82, 2.24) is 10.3 Å². The van der Waals surface area contributed by atoms with Gasteiger partial charge >= 0.3 is 0 Å². The van der Waals surface area contributed by atoms with Crippen molar-refractivity contribution in [1.29, 1.82) is 0 Å². The molecule has 20 heavy (non-hydrogen) atoms. The fourth-order valence-electron chi connectivity index (χ4n) is 1.78. The number of aryl methyl sites for hydroxylation is 1. The van der Waals surface area contributed by atoms with Crippen molar-refractivity contribution in [3.8, 4) is 11.6 Å². The van der Waals surface area contributed by atoms with Gasteiger partial charge in [0.1, 0.15) is 0 Å². The number of hydrogen-bond acceptors (Lipinski definition) is 3. The molecule has 0 spiro atoms. The first-order chi connectivity index (χ1) is 9.56. The largest absolute Gasteiger partial charge is 0.436 e. The van der Waals surface area contributed by atoms with Crippen LogP contribution in [0.25, 0.3) is 0 Å². The van der Waals surface area contributed by atoms with E-state index < -0.39 is 0 Å². The molecule has 0 radical (unpaired) electrons. The summed E-state index contributed by atoms with van der Waals surface area (Å²) in [7, 11) is 0. The van der Waals surface area contributed by atoms with E-state index in [1.165, 1.54) is 6.07 Å². The van der Waals surface area contributed by atoms with Gasteiger partial charge in [-0.15, -0.1) is 0 Å². The second-order valence-electron chi connectivity index (χ2n) is 5.03. The lowest BCUT2D eigenvalue weighted by Crippen LogP contribution is -2.21. The van der Waals surface area contributed by atoms with Crippen LogP contribution < -0.4 is 10.1 Å². The van der Waals surface area contributed by atoms with Crippen molar-refractivity contribution >= 4 is 0 Å². The number of hydrogen-bond donors (Lipinski definition) is 1. The second-order valence-corrected chi connectivity index (χ2v) is 5.03. The van der Waals surface area contributed by atoms with Crippen molar-refractivity contribution < 1.29 is 9.13 Å². The molecule has 0 saturated heterocycles. The molecule has 0 aliphatic rings. The summed E-state index contributed by atoms with van der Waals surface area (Å²) in [4.78, 5) is 4.26. The molecule has 0 atom stereocenters. The van der Waals surface area contributed by atoms with E-state index in [1.54, 1.807) is 24.4 Å². The first-order valence-corrected chi connectivity index (χ1v) is 6.67. The van der Waals surface area contributed by atoms with Crippen molar-refractivity contribution in [2.24, 2.45) is 0 Å². The fourth-order valence-corrected chi connectivity index (χ4v) is 1.78. The van der Waals surface area contributed by atoms with Crippen LogP contribution >= 0.6 is 0 Å². The second kappa shape index (κ2) is 6.48. The van der Waals surface area contributed by atoms with Crippen molar-refractivity contribution in [2.45, 2.75) is 33.4 Å². The fraction of sp³-hybridized carbons (Fsp3) is 0.312. The van der Waals surface area contributed by atoms with Crippen LogP contribution in [0.3, 0.4) is 0 Å². The lowest BCUT2D eigenvalue weighted by atomic mass is 10.2. The van der Waals surface area contributed by atoms with Crippen LogP contribution in [0.2, 0.25) is 0 Å². The third kappa shape index (κ3) is 3.78. The van der Waals surface area contributed by atoms with Gasteiger partial charge in [0.2, 0.25) is 5.88 Å². The molecule has 1 aromatic heterocycles. The minimum absolute atomic E-state index is 0.191. The van der Waals surface area contributed by atoms with Gasteiger partial charge in [-0.1, -0.05) is 26.0 Å². The normalized spacial score (nSPS) is 10.8. The predicted octanol–water partition coefficient (Wildman–Crippen LogP) is 3.82. The maximum Gasteiger partial charge on any atom is 0.222 e. The number of ether oxygens (including phenoxy) is 1. The number of nitrogens with zero attached hydrogens (tertiary/aromatic N) is 1. The van der Waals surface area contributed by atoms with E-state index >= 15 is 0 Å². The van der Waals surface area contributed by atoms with Gasteiger partial charge in [0.05, 0.1) is 0 Å². The zero-order valence-corrected chi connectivity index (χ0v) is 12.0. The van der Waals surface area contributed by atoms with Gasteiger partial charge in [-0.3, -0.25) is 0 Å². The van der Waals surface area contributed by atoms with Gasteiger partial charge in [-0.25, -0.2) is 9.37 Å². The molecule has 0 bridgehead atoms. The SMILES string of the molecule is Cc1cc(CNC(C)C)cnc1Oc1ccccc1F. The van der Waals surface area contributed by atoms with E-state index in [4.69, 9.17) is 4.74 Å². The molecular weight excluding hydrogens is 255 g/mol. The molecule has 0 unspecified atom stereocenters. The maximum absolute atomic E-state index is 13.5. The molecule has 1 heterocycles. The molecule has 2 rings (SSSR count). The summed E-state index contributed by atoms with van der Waals surface area (Å²) in [5.41, 5.74) is 1.97. The Kier molecular flexibility index (Phi) is 4.69. The quantitative estimate of drug-likeness (QED) is 0.900. The standard InChI is InChI=1S/C16H19FN2O/c1-11(2)18-9-13-8-12(3)16(19-10-13)20-15-7-5-4-6-14(15)17/h4-8,10-11,18H,9H2,1-3H3. The van der Waals surface area contributed by atoms with Gasteiger partial charge in [0.25, 0.3) is 0 Å². The maximum atomic E-state index is 13.5. The average molecular weight is 274 g/mol. The zero-order chi connectivity index (χ0) is 14.5. The topological polar surface area (TPSA) is 34.2 Å². The number of nitrogens with one attached hydrogen (secondary N) is 1. The minimum Gasteiger partial charge on any atom is -0.436 e. The highest BCUT2D eigenvalue weighted by atomic mass is 19.1. The number of benzene rings is 1. The molecule has 0 fully saturated rings. The molecule has 0 aliphatic heterocycles. The van der Waals surface area contributed by atoms with Gasteiger partial charge in [-0.2, -0.15) is 0 Å². The summed E-state index contributed by atoms with van der Waals surface area (Å²) in [5, 5.41) is 3.33. The number of aromatic nitrogens is 1. The molecular formula is C16H19FN2O. The zero-order valence-electron chi connectivity index (χ0n) is 12.0. The highest BCUT2D eigenvalue weighted by Gasteiger charge is 2.08. The summed E-state index contributed by atoms with van der Waals surface area (Å²) in [6.07, 6.45) is 1.75. The van der Waals surface area contributed by atoms with E-state index in [1.807, 2.05) is 13.0 Å². The smallest absolute Gasteiger partial charge is 0.222 e. The van der Waals surface area contributed by atoms with Crippen LogP contribution in [0, 0.1) is 12.7 Å². The minimum atomic E-state index is -0.390. The van der Waals surface area contributed by atoms with Crippen LogP contribution in [0.1, 0.15) is 25.0 Å². The monoisotopic (exact) mass is 274 g/mol. The first-order valence-electron chi connectivity index (χ1n) is 6.67. The summed E-state index contributed by atoms with van der Waals surface area (Å²) < 4.78 is 19.0. The van der Waals surface area contributed by atoms with Crippen LogP contribution in [0.15, 0.2) is 36.5 Å². The lowest BCUT2D eigenvalue weighted by molar-refractivity contribution is 0.424. The van der Waals surface area contributed by atoms with Gasteiger partial charge in [-0.05, 0) is 30.7 Å². The van der Waals surface area contributed by atoms with E-state index in [-0.39, 0.29) is 11.6 Å². The van der Waals surface area contributed by atoms with E-state index in [9.17, 15) is 4.39 Å². The summed E-state index contributed by atoms with van der Waals surface area (Å²) in [6.45, 7) is 6.85. The van der Waals surface area contributed by atoms with Gasteiger partial charge in [0, 0.05) is 24.3 Å². The Bertz CT molecular complexity index is 584. The Morgan fingerprint density at radius 3 is 2.70 bits per heavy atom. The van der Waals surface area contributed by atoms with Gasteiger partial charge in [0.15, 0.2) is 11.6 Å². The highest BCUT2D eigenvalue weighted by Crippen LogP contribution is 2.25. The Morgan fingerprint density at radius 2 is 2.05 bits per heavy atom. The van der Waals surface area contributed by atoms with Crippen LogP contribution in [-0.2, 0) is 6.54 Å². The molecule has 106 valence electrons. The van der Waals surface area contributed by atoms with E-state index in [0.29, 0.717) is 11.9 Å². The predicted molar refractivity (Wildman–Crippen MR) is 77.4 cm³/mol. The summed E-state index contributed by atoms with van der Waals surface area (Å²) in [5.74, 6) is 0.235. The lowest BCUT2D eigenvalue weighted by Gasteiger charge is -2.11. The molecule has 0 saturated carbocycles. The summed E-state index contributed by atoms with van der Waals surface area (Å²) >= 11 is 0. The average Bonchev–Trinajstić information content (AvgIpc) is 2.41. The van der Waals surface area contributed by atoms with E-state index in [2.05, 4.69) is 24.1 Å². The van der Waals surface area contributed by atoms with Crippen molar-refractivity contribution in [2.75, 3.05) is 0 Å². The first kappa shape index (κ1) is 14.5. The highest BCUT2D eigenvalue weighted by molar-refractivity contribution is 5.34. The van der Waals surface area contributed by atoms with E-state index in [0.717, 1.165) is 17.7 Å². The van der Waals surface area contributed by atoms with Gasteiger partial charge < -0.3 is 10.1 Å².